The third-order valence-electron chi connectivity index (χ3n) is 2.74. The fourth-order valence-electron chi connectivity index (χ4n) is 1.73. The van der Waals surface area contributed by atoms with Crippen LogP contribution in [0.15, 0.2) is 48.5 Å². The largest absolute Gasteiger partial charge is 0.269 e. The summed E-state index contributed by atoms with van der Waals surface area (Å²) >= 11 is 1.71. The van der Waals surface area contributed by atoms with Crippen LogP contribution in [0.3, 0.4) is 0 Å². The lowest BCUT2D eigenvalue weighted by atomic mass is 10.2. The van der Waals surface area contributed by atoms with E-state index in [9.17, 15) is 10.1 Å². The molecule has 0 atom stereocenters. The second-order valence-corrected chi connectivity index (χ2v) is 5.21. The fourth-order valence-corrected chi connectivity index (χ4v) is 2.68. The molecule has 0 aromatic heterocycles. The molecule has 2 rings (SSSR count). The number of non-ortho nitro benzene ring substituents is 1. The second-order valence-electron chi connectivity index (χ2n) is 4.23. The van der Waals surface area contributed by atoms with Crippen molar-refractivity contribution in [1.82, 2.24) is 0 Å². The molecule has 0 N–H and O–H groups in total. The molecule has 0 aliphatic rings. The van der Waals surface area contributed by atoms with E-state index in [-0.39, 0.29) is 5.69 Å². The quantitative estimate of drug-likeness (QED) is 0.617. The van der Waals surface area contributed by atoms with E-state index >= 15 is 0 Å². The van der Waals surface area contributed by atoms with Crippen LogP contribution in [0.4, 0.5) is 5.69 Å². The van der Waals surface area contributed by atoms with Gasteiger partial charge in [-0.15, -0.1) is 0 Å². The van der Waals surface area contributed by atoms with Crippen molar-refractivity contribution in [3.05, 3.63) is 75.3 Å². The highest BCUT2D eigenvalue weighted by atomic mass is 32.2. The van der Waals surface area contributed by atoms with E-state index in [2.05, 4.69) is 6.07 Å². The summed E-state index contributed by atoms with van der Waals surface area (Å²) in [7, 11) is 0. The lowest BCUT2D eigenvalue weighted by Gasteiger charge is -2.03. The Kier molecular flexibility index (Phi) is 4.75. The number of benzene rings is 2. The van der Waals surface area contributed by atoms with Crippen molar-refractivity contribution in [2.24, 2.45) is 0 Å². The first-order chi connectivity index (χ1) is 9.69. The Bertz CT molecular complexity index is 648. The molecule has 0 saturated heterocycles. The number of nitro groups is 1. The second kappa shape index (κ2) is 6.73. The van der Waals surface area contributed by atoms with Crippen LogP contribution in [-0.2, 0) is 11.5 Å². The summed E-state index contributed by atoms with van der Waals surface area (Å²) in [5.74, 6) is 1.60. The maximum Gasteiger partial charge on any atom is 0.269 e. The molecule has 0 saturated carbocycles. The van der Waals surface area contributed by atoms with Gasteiger partial charge < -0.3 is 0 Å². The van der Waals surface area contributed by atoms with Crippen LogP contribution >= 0.6 is 11.8 Å². The third kappa shape index (κ3) is 3.84. The van der Waals surface area contributed by atoms with Gasteiger partial charge in [-0.1, -0.05) is 24.3 Å². The topological polar surface area (TPSA) is 66.9 Å². The molecule has 0 aliphatic heterocycles. The van der Waals surface area contributed by atoms with Gasteiger partial charge in [0, 0.05) is 23.6 Å². The van der Waals surface area contributed by atoms with Gasteiger partial charge in [0.1, 0.15) is 0 Å². The van der Waals surface area contributed by atoms with E-state index in [0.29, 0.717) is 5.56 Å². The van der Waals surface area contributed by atoms with Crippen LogP contribution in [0, 0.1) is 21.4 Å². The minimum absolute atomic E-state index is 0.112. The summed E-state index contributed by atoms with van der Waals surface area (Å²) in [5, 5.41) is 19.4. The summed E-state index contributed by atoms with van der Waals surface area (Å²) in [5.41, 5.74) is 2.94. The molecule has 0 fully saturated rings. The Morgan fingerprint density at radius 1 is 1.10 bits per heavy atom. The van der Waals surface area contributed by atoms with Crippen LogP contribution in [0.5, 0.6) is 0 Å². The van der Waals surface area contributed by atoms with Crippen molar-refractivity contribution in [3.8, 4) is 6.07 Å². The van der Waals surface area contributed by atoms with Gasteiger partial charge >= 0.3 is 0 Å². The smallest absolute Gasteiger partial charge is 0.258 e. The Hall–Kier alpha value is -2.32. The zero-order valence-corrected chi connectivity index (χ0v) is 11.5. The first kappa shape index (κ1) is 14.1. The monoisotopic (exact) mass is 284 g/mol. The molecule has 5 heteroatoms. The van der Waals surface area contributed by atoms with Gasteiger partial charge in [-0.3, -0.25) is 10.1 Å². The van der Waals surface area contributed by atoms with Gasteiger partial charge in [-0.2, -0.15) is 17.0 Å². The number of nitrogens with zero attached hydrogens (tertiary/aromatic N) is 2. The zero-order valence-electron chi connectivity index (χ0n) is 10.7. The molecule has 0 spiro atoms. The summed E-state index contributed by atoms with van der Waals surface area (Å²) in [6.07, 6.45) is 0. The number of rotatable bonds is 5. The lowest BCUT2D eigenvalue weighted by Crippen LogP contribution is -1.89. The lowest BCUT2D eigenvalue weighted by molar-refractivity contribution is -0.384. The molecule has 0 aliphatic carbocycles. The molecule has 100 valence electrons. The standard InChI is InChI=1S/C15H12N2O2S/c16-9-13-2-1-3-14(8-13)11-20-10-12-4-6-15(7-5-12)17(18)19/h1-8H,10-11H2. The van der Waals surface area contributed by atoms with E-state index in [1.807, 2.05) is 18.2 Å². The molecule has 0 bridgehead atoms. The number of nitro benzene ring substituents is 1. The normalized spacial score (nSPS) is 9.95. The molecule has 0 heterocycles. The van der Waals surface area contributed by atoms with Crippen LogP contribution < -0.4 is 0 Å². The van der Waals surface area contributed by atoms with Crippen LogP contribution in [0.2, 0.25) is 0 Å². The maximum atomic E-state index is 10.5. The summed E-state index contributed by atoms with van der Waals surface area (Å²) in [6, 6.07) is 16.2. The number of hydrogen-bond donors (Lipinski definition) is 0. The summed E-state index contributed by atoms with van der Waals surface area (Å²) in [6.45, 7) is 0. The molecule has 2 aromatic rings. The van der Waals surface area contributed by atoms with Crippen molar-refractivity contribution in [2.45, 2.75) is 11.5 Å². The molecule has 0 radical (unpaired) electrons. The van der Waals surface area contributed by atoms with Gasteiger partial charge in [0.2, 0.25) is 0 Å². The maximum absolute atomic E-state index is 10.5. The van der Waals surface area contributed by atoms with Crippen LogP contribution in [0.25, 0.3) is 0 Å². The minimum atomic E-state index is -0.399. The predicted molar refractivity (Wildman–Crippen MR) is 79.3 cm³/mol. The minimum Gasteiger partial charge on any atom is -0.258 e. The Morgan fingerprint density at radius 2 is 1.80 bits per heavy atom. The average Bonchev–Trinajstić information content (AvgIpc) is 2.48. The molecular weight excluding hydrogens is 272 g/mol. The van der Waals surface area contributed by atoms with E-state index in [1.54, 1.807) is 30.0 Å². The van der Waals surface area contributed by atoms with Crippen molar-refractivity contribution in [3.63, 3.8) is 0 Å². The molecule has 0 amide bonds. The Labute approximate surface area is 121 Å². The first-order valence-corrected chi connectivity index (χ1v) is 7.14. The predicted octanol–water partition coefficient (Wildman–Crippen LogP) is 3.90. The SMILES string of the molecule is N#Cc1cccc(CSCc2ccc([N+](=O)[O-])cc2)c1. The van der Waals surface area contributed by atoms with Crippen molar-refractivity contribution in [1.29, 1.82) is 5.26 Å². The van der Waals surface area contributed by atoms with Crippen molar-refractivity contribution >= 4 is 17.4 Å². The Balaban J connectivity index is 1.89. The number of hydrogen-bond acceptors (Lipinski definition) is 4. The van der Waals surface area contributed by atoms with Gasteiger partial charge in [0.15, 0.2) is 0 Å². The van der Waals surface area contributed by atoms with Crippen molar-refractivity contribution < 1.29 is 4.92 Å². The summed E-state index contributed by atoms with van der Waals surface area (Å²) in [4.78, 5) is 10.1. The van der Waals surface area contributed by atoms with Gasteiger partial charge in [0.05, 0.1) is 16.6 Å². The van der Waals surface area contributed by atoms with Crippen LogP contribution in [0.1, 0.15) is 16.7 Å². The van der Waals surface area contributed by atoms with Crippen LogP contribution in [-0.4, -0.2) is 4.92 Å². The molecule has 4 nitrogen and oxygen atoms in total. The van der Waals surface area contributed by atoms with E-state index in [1.165, 1.54) is 12.1 Å². The van der Waals surface area contributed by atoms with E-state index < -0.39 is 4.92 Å². The number of nitriles is 1. The van der Waals surface area contributed by atoms with E-state index in [4.69, 9.17) is 5.26 Å². The van der Waals surface area contributed by atoms with Gasteiger partial charge in [0.25, 0.3) is 5.69 Å². The molecule has 20 heavy (non-hydrogen) atoms. The fraction of sp³-hybridized carbons (Fsp3) is 0.133. The highest BCUT2D eigenvalue weighted by Gasteiger charge is 2.04. The Morgan fingerprint density at radius 3 is 2.45 bits per heavy atom. The average molecular weight is 284 g/mol. The number of thioether (sulfide) groups is 1. The molecule has 0 unspecified atom stereocenters. The van der Waals surface area contributed by atoms with Gasteiger partial charge in [-0.05, 0) is 23.3 Å². The highest BCUT2D eigenvalue weighted by Crippen LogP contribution is 2.20. The third-order valence-corrected chi connectivity index (χ3v) is 3.82. The van der Waals surface area contributed by atoms with Gasteiger partial charge in [-0.25, -0.2) is 0 Å². The molecular formula is C15H12N2O2S. The zero-order chi connectivity index (χ0) is 14.4. The highest BCUT2D eigenvalue weighted by molar-refractivity contribution is 7.97. The van der Waals surface area contributed by atoms with E-state index in [0.717, 1.165) is 22.6 Å². The summed E-state index contributed by atoms with van der Waals surface area (Å²) < 4.78 is 0. The molecule has 2 aromatic carbocycles. The van der Waals surface area contributed by atoms with Crippen molar-refractivity contribution in [2.75, 3.05) is 0 Å². The first-order valence-electron chi connectivity index (χ1n) is 5.99.